The van der Waals surface area contributed by atoms with Crippen molar-refractivity contribution in [1.29, 1.82) is 0 Å². The Morgan fingerprint density at radius 1 is 0.276 bits per heavy atom. The highest BCUT2D eigenvalue weighted by molar-refractivity contribution is 6.09. The molecule has 1 aromatic heterocycles. The van der Waals surface area contributed by atoms with Crippen LogP contribution in [0.5, 0.6) is 0 Å². The van der Waals surface area contributed by atoms with E-state index in [-0.39, 0.29) is 0 Å². The van der Waals surface area contributed by atoms with Gasteiger partial charge in [-0.2, -0.15) is 0 Å². The van der Waals surface area contributed by atoms with Crippen LogP contribution in [0, 0.1) is 0 Å². The number of fused-ring (bicyclic) bond motifs is 5. The molecule has 0 N–H and O–H groups in total. The van der Waals surface area contributed by atoms with Gasteiger partial charge in [-0.3, -0.25) is 0 Å². The summed E-state index contributed by atoms with van der Waals surface area (Å²) in [6.07, 6.45) is 0. The molecule has 0 unspecified atom stereocenters. The zero-order valence-corrected chi connectivity index (χ0v) is 31.8. The summed E-state index contributed by atoms with van der Waals surface area (Å²) >= 11 is 0. The standard InChI is InChI=1S/C56H38N2/c1-2-15-42-35-45(30-29-39(42)13-1)40-31-33-47(34-32-40)57(49-21-11-19-46(38-49)52-26-12-16-41-14-3-4-23-51(41)52)48-20-9-17-43(36-48)44-18-10-22-50(37-44)58-55-27-7-5-24-53(55)54-25-6-8-28-56(54)58/h1-38H. The third-order valence-electron chi connectivity index (χ3n) is 11.5. The average molecular weight is 739 g/mol. The maximum atomic E-state index is 2.39. The van der Waals surface area contributed by atoms with Gasteiger partial charge in [-0.05, 0) is 122 Å². The second-order valence-corrected chi connectivity index (χ2v) is 15.0. The SMILES string of the molecule is c1cc(-c2cccc(-n3c4ccccc4c4ccccc43)c2)cc(N(c2ccc(-c3ccc4ccccc4c3)cc2)c2cccc(-c3cccc4ccccc34)c2)c1. The van der Waals surface area contributed by atoms with E-state index in [4.69, 9.17) is 0 Å². The molecular formula is C56H38N2. The number of hydrogen-bond donors (Lipinski definition) is 0. The van der Waals surface area contributed by atoms with Crippen molar-refractivity contribution >= 4 is 60.4 Å². The van der Waals surface area contributed by atoms with E-state index < -0.39 is 0 Å². The Morgan fingerprint density at radius 2 is 0.793 bits per heavy atom. The van der Waals surface area contributed by atoms with Crippen molar-refractivity contribution in [3.8, 4) is 39.1 Å². The first kappa shape index (κ1) is 33.6. The molecule has 0 spiro atoms. The van der Waals surface area contributed by atoms with E-state index in [0.717, 1.165) is 33.9 Å². The summed E-state index contributed by atoms with van der Waals surface area (Å²) in [5.41, 5.74) is 14.0. The van der Waals surface area contributed by atoms with Crippen molar-refractivity contribution in [3.05, 3.63) is 231 Å². The van der Waals surface area contributed by atoms with Gasteiger partial charge in [0.1, 0.15) is 0 Å². The van der Waals surface area contributed by atoms with Crippen LogP contribution in [0.15, 0.2) is 231 Å². The molecule has 2 heteroatoms. The Hall–Kier alpha value is -7.68. The third kappa shape index (κ3) is 5.91. The first-order valence-electron chi connectivity index (χ1n) is 19.9. The fourth-order valence-electron chi connectivity index (χ4n) is 8.76. The van der Waals surface area contributed by atoms with Crippen LogP contribution < -0.4 is 4.90 Å². The third-order valence-corrected chi connectivity index (χ3v) is 11.5. The van der Waals surface area contributed by atoms with E-state index in [0.29, 0.717) is 0 Å². The number of rotatable bonds is 7. The Balaban J connectivity index is 1.03. The molecule has 0 aliphatic rings. The highest BCUT2D eigenvalue weighted by Crippen LogP contribution is 2.41. The van der Waals surface area contributed by atoms with Crippen LogP contribution in [0.2, 0.25) is 0 Å². The van der Waals surface area contributed by atoms with Gasteiger partial charge in [-0.1, -0.05) is 164 Å². The number of nitrogens with zero attached hydrogens (tertiary/aromatic N) is 2. The lowest BCUT2D eigenvalue weighted by molar-refractivity contribution is 1.18. The molecule has 11 aromatic rings. The van der Waals surface area contributed by atoms with Crippen LogP contribution in [-0.4, -0.2) is 4.57 Å². The van der Waals surface area contributed by atoms with Gasteiger partial charge in [0.15, 0.2) is 0 Å². The topological polar surface area (TPSA) is 8.17 Å². The Morgan fingerprint density at radius 3 is 1.53 bits per heavy atom. The molecule has 11 rings (SSSR count). The molecule has 2 nitrogen and oxygen atoms in total. The minimum atomic E-state index is 1.09. The lowest BCUT2D eigenvalue weighted by Gasteiger charge is -2.27. The lowest BCUT2D eigenvalue weighted by atomic mass is 9.97. The van der Waals surface area contributed by atoms with Crippen molar-refractivity contribution in [2.45, 2.75) is 0 Å². The predicted octanol–water partition coefficient (Wildman–Crippen LogP) is 15.6. The Bertz CT molecular complexity index is 3240. The van der Waals surface area contributed by atoms with E-state index in [1.54, 1.807) is 0 Å². The van der Waals surface area contributed by atoms with Crippen molar-refractivity contribution in [2.24, 2.45) is 0 Å². The molecule has 0 saturated carbocycles. The number of benzene rings is 10. The van der Waals surface area contributed by atoms with E-state index in [1.807, 2.05) is 0 Å². The van der Waals surface area contributed by atoms with Crippen LogP contribution in [0.3, 0.4) is 0 Å². The zero-order valence-electron chi connectivity index (χ0n) is 31.8. The van der Waals surface area contributed by atoms with Gasteiger partial charge in [0.05, 0.1) is 11.0 Å². The summed E-state index contributed by atoms with van der Waals surface area (Å²) in [6.45, 7) is 0. The molecule has 58 heavy (non-hydrogen) atoms. The molecule has 0 saturated heterocycles. The van der Waals surface area contributed by atoms with Gasteiger partial charge in [0.2, 0.25) is 0 Å². The van der Waals surface area contributed by atoms with Crippen molar-refractivity contribution in [2.75, 3.05) is 4.90 Å². The van der Waals surface area contributed by atoms with Gasteiger partial charge in [-0.15, -0.1) is 0 Å². The smallest absolute Gasteiger partial charge is 0.0541 e. The molecule has 0 aliphatic carbocycles. The van der Waals surface area contributed by atoms with Crippen molar-refractivity contribution in [3.63, 3.8) is 0 Å². The van der Waals surface area contributed by atoms with Gasteiger partial charge >= 0.3 is 0 Å². The van der Waals surface area contributed by atoms with Gasteiger partial charge in [-0.25, -0.2) is 0 Å². The maximum Gasteiger partial charge on any atom is 0.0541 e. The van der Waals surface area contributed by atoms with E-state index in [2.05, 4.69) is 240 Å². The summed E-state index contributed by atoms with van der Waals surface area (Å²) in [6, 6.07) is 83.8. The van der Waals surface area contributed by atoms with Crippen LogP contribution in [-0.2, 0) is 0 Å². The van der Waals surface area contributed by atoms with Crippen LogP contribution in [0.1, 0.15) is 0 Å². The van der Waals surface area contributed by atoms with Gasteiger partial charge in [0.25, 0.3) is 0 Å². The summed E-state index contributed by atoms with van der Waals surface area (Å²) in [7, 11) is 0. The first-order valence-corrected chi connectivity index (χ1v) is 19.9. The zero-order chi connectivity index (χ0) is 38.4. The second kappa shape index (κ2) is 14.1. The molecule has 0 aliphatic heterocycles. The molecule has 0 bridgehead atoms. The molecule has 0 radical (unpaired) electrons. The van der Waals surface area contributed by atoms with Crippen molar-refractivity contribution < 1.29 is 0 Å². The fraction of sp³-hybridized carbons (Fsp3) is 0. The highest BCUT2D eigenvalue weighted by atomic mass is 15.1. The van der Waals surface area contributed by atoms with Crippen molar-refractivity contribution in [1.82, 2.24) is 4.57 Å². The first-order chi connectivity index (χ1) is 28.7. The van der Waals surface area contributed by atoms with Crippen LogP contribution in [0.4, 0.5) is 17.1 Å². The molecule has 0 fully saturated rings. The summed E-state index contributed by atoms with van der Waals surface area (Å²) < 4.78 is 2.39. The Kier molecular flexibility index (Phi) is 8.19. The number of hydrogen-bond acceptors (Lipinski definition) is 1. The molecule has 1 heterocycles. The fourth-order valence-corrected chi connectivity index (χ4v) is 8.76. The number of para-hydroxylation sites is 2. The normalized spacial score (nSPS) is 11.4. The summed E-state index contributed by atoms with van der Waals surface area (Å²) in [4.78, 5) is 2.39. The van der Waals surface area contributed by atoms with E-state index in [1.165, 1.54) is 65.6 Å². The largest absolute Gasteiger partial charge is 0.310 e. The van der Waals surface area contributed by atoms with E-state index >= 15 is 0 Å². The maximum absolute atomic E-state index is 2.39. The van der Waals surface area contributed by atoms with Gasteiger partial charge in [0, 0.05) is 33.5 Å². The number of anilines is 3. The summed E-state index contributed by atoms with van der Waals surface area (Å²) in [5.74, 6) is 0. The predicted molar refractivity (Wildman–Crippen MR) is 247 cm³/mol. The Labute approximate surface area is 338 Å². The van der Waals surface area contributed by atoms with Gasteiger partial charge < -0.3 is 9.47 Å². The molecular weight excluding hydrogens is 701 g/mol. The van der Waals surface area contributed by atoms with E-state index in [9.17, 15) is 0 Å². The quantitative estimate of drug-likeness (QED) is 0.158. The molecule has 0 amide bonds. The highest BCUT2D eigenvalue weighted by Gasteiger charge is 2.17. The number of aromatic nitrogens is 1. The molecule has 272 valence electrons. The second-order valence-electron chi connectivity index (χ2n) is 15.0. The summed E-state index contributed by atoms with van der Waals surface area (Å²) in [5, 5.41) is 7.51. The minimum Gasteiger partial charge on any atom is -0.310 e. The monoisotopic (exact) mass is 738 g/mol. The molecule has 0 atom stereocenters. The van der Waals surface area contributed by atoms with Crippen LogP contribution >= 0.6 is 0 Å². The lowest BCUT2D eigenvalue weighted by Crippen LogP contribution is -2.10. The average Bonchev–Trinajstić information content (AvgIpc) is 3.64. The van der Waals surface area contributed by atoms with Crippen LogP contribution in [0.25, 0.3) is 82.4 Å². The molecule has 10 aromatic carbocycles. The minimum absolute atomic E-state index is 1.09.